The molecule has 38 heavy (non-hydrogen) atoms. The van der Waals surface area contributed by atoms with Gasteiger partial charge in [0.15, 0.2) is 11.6 Å². The zero-order valence-corrected chi connectivity index (χ0v) is 21.3. The summed E-state index contributed by atoms with van der Waals surface area (Å²) in [4.78, 5) is 26.9. The molecule has 1 amide bonds. The van der Waals surface area contributed by atoms with Gasteiger partial charge >= 0.3 is 0 Å². The Morgan fingerprint density at radius 1 is 1.13 bits per heavy atom. The molecule has 1 fully saturated rings. The van der Waals surface area contributed by atoms with E-state index in [4.69, 9.17) is 9.72 Å². The number of anilines is 1. The lowest BCUT2D eigenvalue weighted by Gasteiger charge is -2.36. The van der Waals surface area contributed by atoms with Gasteiger partial charge < -0.3 is 19.6 Å². The van der Waals surface area contributed by atoms with Crippen LogP contribution in [0.25, 0.3) is 27.0 Å². The Kier molecular flexibility index (Phi) is 6.28. The van der Waals surface area contributed by atoms with E-state index in [0.29, 0.717) is 56.5 Å². The molecule has 1 N–H and O–H groups in total. The predicted molar refractivity (Wildman–Crippen MR) is 137 cm³/mol. The Hall–Kier alpha value is -3.90. The molecule has 0 saturated carbocycles. The number of piperazine rings is 1. The topological polar surface area (TPSA) is 96.6 Å². The first-order valence-electron chi connectivity index (χ1n) is 12.2. The van der Waals surface area contributed by atoms with Gasteiger partial charge in [-0.3, -0.25) is 4.79 Å². The van der Waals surface area contributed by atoms with Crippen LogP contribution in [0.5, 0.6) is 5.75 Å². The first-order chi connectivity index (χ1) is 18.4. The molecule has 2 aliphatic rings. The molecule has 0 bridgehead atoms. The van der Waals surface area contributed by atoms with E-state index in [2.05, 4.69) is 15.0 Å². The Morgan fingerprint density at radius 2 is 1.95 bits per heavy atom. The predicted octanol–water partition coefficient (Wildman–Crippen LogP) is 3.30. The Balaban J connectivity index is 1.32. The highest BCUT2D eigenvalue weighted by atomic mass is 32.1. The third-order valence-corrected chi connectivity index (χ3v) is 7.86. The number of aliphatic hydroxyl groups excluding tert-OH is 1. The van der Waals surface area contributed by atoms with Gasteiger partial charge in [0.1, 0.15) is 41.2 Å². The van der Waals surface area contributed by atoms with Gasteiger partial charge in [-0.05, 0) is 42.8 Å². The molecular weight excluding hydrogens is 514 g/mol. The molecule has 0 unspecified atom stereocenters. The van der Waals surface area contributed by atoms with E-state index < -0.39 is 17.7 Å². The van der Waals surface area contributed by atoms with Crippen molar-refractivity contribution in [2.75, 3.05) is 37.7 Å². The minimum Gasteiger partial charge on any atom is -0.491 e. The number of fused-ring (bicyclic) bond motifs is 3. The molecule has 1 aromatic carbocycles. The van der Waals surface area contributed by atoms with Crippen LogP contribution in [-0.4, -0.2) is 74.6 Å². The fourth-order valence-corrected chi connectivity index (χ4v) is 5.93. The van der Waals surface area contributed by atoms with E-state index in [1.807, 2.05) is 18.2 Å². The Morgan fingerprint density at radius 3 is 2.71 bits per heavy atom. The minimum absolute atomic E-state index is 0.111. The number of pyridine rings is 1. The van der Waals surface area contributed by atoms with Gasteiger partial charge in [0, 0.05) is 38.7 Å². The second-order valence-corrected chi connectivity index (χ2v) is 10.2. The van der Waals surface area contributed by atoms with Crippen LogP contribution in [0.4, 0.5) is 14.6 Å². The molecule has 0 aliphatic carbocycles. The number of benzene rings is 1. The van der Waals surface area contributed by atoms with Gasteiger partial charge in [-0.2, -0.15) is 5.10 Å². The van der Waals surface area contributed by atoms with Crippen molar-refractivity contribution in [3.63, 3.8) is 0 Å². The van der Waals surface area contributed by atoms with Crippen molar-refractivity contribution >= 4 is 23.1 Å². The summed E-state index contributed by atoms with van der Waals surface area (Å²) in [5.74, 6) is 0.245. The van der Waals surface area contributed by atoms with Crippen LogP contribution in [0, 0.1) is 11.6 Å². The highest BCUT2D eigenvalue weighted by molar-refractivity contribution is 7.19. The average molecular weight is 539 g/mol. The first-order valence-corrected chi connectivity index (χ1v) is 13.1. The number of thiophene rings is 1. The zero-order valence-electron chi connectivity index (χ0n) is 20.5. The summed E-state index contributed by atoms with van der Waals surface area (Å²) in [7, 11) is 0. The van der Waals surface area contributed by atoms with Crippen molar-refractivity contribution in [2.45, 2.75) is 19.4 Å². The number of halogens is 2. The molecule has 12 heteroatoms. The molecule has 2 aliphatic heterocycles. The average Bonchev–Trinajstić information content (AvgIpc) is 3.52. The number of ether oxygens (including phenoxy) is 1. The molecule has 6 rings (SSSR count). The van der Waals surface area contributed by atoms with Crippen molar-refractivity contribution in [1.82, 2.24) is 24.6 Å². The molecule has 0 spiro atoms. The lowest BCUT2D eigenvalue weighted by atomic mass is 10.1. The van der Waals surface area contributed by atoms with Crippen LogP contribution >= 0.6 is 11.3 Å². The minimum atomic E-state index is -1.01. The maximum Gasteiger partial charge on any atom is 0.251 e. The largest absolute Gasteiger partial charge is 0.491 e. The highest BCUT2D eigenvalue weighted by Crippen LogP contribution is 2.43. The number of hydrogen-bond donors (Lipinski definition) is 1. The van der Waals surface area contributed by atoms with Crippen molar-refractivity contribution in [2.24, 2.45) is 0 Å². The fourth-order valence-electron chi connectivity index (χ4n) is 4.75. The summed E-state index contributed by atoms with van der Waals surface area (Å²) in [5, 5.41) is 13.8. The van der Waals surface area contributed by atoms with Crippen LogP contribution < -0.4 is 9.64 Å². The Bertz CT molecular complexity index is 1510. The molecule has 1 atom stereocenters. The lowest BCUT2D eigenvalue weighted by Crippen LogP contribution is -2.51. The summed E-state index contributed by atoms with van der Waals surface area (Å²) in [6, 6.07) is 9.17. The normalized spacial score (nSPS) is 15.9. The summed E-state index contributed by atoms with van der Waals surface area (Å²) in [5.41, 5.74) is 1.86. The summed E-state index contributed by atoms with van der Waals surface area (Å²) in [6.45, 7) is 4.16. The van der Waals surface area contributed by atoms with E-state index in [0.717, 1.165) is 27.2 Å². The third-order valence-electron chi connectivity index (χ3n) is 6.68. The van der Waals surface area contributed by atoms with Crippen molar-refractivity contribution in [3.05, 3.63) is 59.9 Å². The summed E-state index contributed by atoms with van der Waals surface area (Å²) < 4.78 is 35.3. The number of aromatic nitrogens is 4. The number of hydrogen-bond acceptors (Lipinski definition) is 8. The van der Waals surface area contributed by atoms with E-state index in [-0.39, 0.29) is 11.6 Å². The van der Waals surface area contributed by atoms with Crippen LogP contribution in [-0.2, 0) is 11.2 Å². The Labute approximate surface area is 220 Å². The SMILES string of the molecule is C[C@H](O)C(=O)N1CCN(c2ccc3c(n2)-c2sc(-c4ncnn4-c4ccc(F)cc4F)cc2CCO3)CC1. The van der Waals surface area contributed by atoms with E-state index in [1.54, 1.807) is 4.90 Å². The van der Waals surface area contributed by atoms with Crippen molar-refractivity contribution < 1.29 is 23.4 Å². The second-order valence-electron chi connectivity index (χ2n) is 9.16. The molecule has 0 radical (unpaired) electrons. The molecule has 3 aromatic heterocycles. The van der Waals surface area contributed by atoms with E-state index in [1.165, 1.54) is 41.4 Å². The number of nitrogens with zero attached hydrogens (tertiary/aromatic N) is 6. The molecule has 9 nitrogen and oxygen atoms in total. The molecule has 1 saturated heterocycles. The van der Waals surface area contributed by atoms with Crippen LogP contribution in [0.2, 0.25) is 0 Å². The second kappa shape index (κ2) is 9.76. The summed E-state index contributed by atoms with van der Waals surface area (Å²) in [6.07, 6.45) is 0.996. The first kappa shape index (κ1) is 24.4. The van der Waals surface area contributed by atoms with Gasteiger partial charge in [0.05, 0.1) is 16.4 Å². The molecular formula is C26H24F2N6O3S. The monoisotopic (exact) mass is 538 g/mol. The zero-order chi connectivity index (χ0) is 26.4. The van der Waals surface area contributed by atoms with Crippen molar-refractivity contribution in [1.29, 1.82) is 0 Å². The maximum absolute atomic E-state index is 14.5. The number of amides is 1. The van der Waals surface area contributed by atoms with E-state index >= 15 is 0 Å². The highest BCUT2D eigenvalue weighted by Gasteiger charge is 2.27. The quantitative estimate of drug-likeness (QED) is 0.426. The lowest BCUT2D eigenvalue weighted by molar-refractivity contribution is -0.139. The molecule has 196 valence electrons. The number of rotatable bonds is 4. The van der Waals surface area contributed by atoms with Gasteiger partial charge in [-0.15, -0.1) is 11.3 Å². The van der Waals surface area contributed by atoms with Gasteiger partial charge in [0.2, 0.25) is 0 Å². The van der Waals surface area contributed by atoms with E-state index in [9.17, 15) is 18.7 Å². The van der Waals surface area contributed by atoms with Crippen LogP contribution in [0.3, 0.4) is 0 Å². The van der Waals surface area contributed by atoms with Gasteiger partial charge in [-0.25, -0.2) is 23.4 Å². The van der Waals surface area contributed by atoms with Crippen LogP contribution in [0.15, 0.2) is 42.7 Å². The smallest absolute Gasteiger partial charge is 0.251 e. The standard InChI is InChI=1S/C26H24F2N6O3S/c1-15(35)26(36)33-9-7-32(8-10-33)22-5-4-20-23(31-22)24-16(6-11-37-20)12-21(38-24)25-29-14-30-34(25)19-3-2-17(27)13-18(19)28/h2-5,12-15,35H,6-11H2,1H3/t15-/m0/s1. The third kappa shape index (κ3) is 4.39. The number of carbonyl (C=O) groups excluding carboxylic acids is 1. The van der Waals surface area contributed by atoms with Crippen molar-refractivity contribution in [3.8, 4) is 32.7 Å². The molecule has 5 heterocycles. The molecule has 4 aromatic rings. The number of carbonyl (C=O) groups is 1. The fraction of sp³-hybridized carbons (Fsp3) is 0.308. The van der Waals surface area contributed by atoms with Gasteiger partial charge in [-0.1, -0.05) is 0 Å². The summed E-state index contributed by atoms with van der Waals surface area (Å²) >= 11 is 1.47. The maximum atomic E-state index is 14.5. The van der Waals surface area contributed by atoms with Gasteiger partial charge in [0.25, 0.3) is 5.91 Å². The number of aliphatic hydroxyl groups is 1. The van der Waals surface area contributed by atoms with Crippen LogP contribution in [0.1, 0.15) is 12.5 Å².